The Hall–Kier alpha value is -1.48. The minimum absolute atomic E-state index is 0.679. The van der Waals surface area contributed by atoms with Crippen LogP contribution < -0.4 is 5.32 Å². The number of benzene rings is 1. The SMILES string of the molecule is Cc1ccc(Cl)c(NCc2nc[nH]c2C)c1. The second-order valence-electron chi connectivity index (χ2n) is 3.81. The molecule has 0 spiro atoms. The normalized spacial score (nSPS) is 10.4. The Bertz CT molecular complexity index is 491. The van der Waals surface area contributed by atoms with Crippen molar-refractivity contribution in [3.05, 3.63) is 46.5 Å². The summed E-state index contributed by atoms with van der Waals surface area (Å²) in [5, 5.41) is 4.02. The molecule has 0 bridgehead atoms. The van der Waals surface area contributed by atoms with Crippen LogP contribution >= 0.6 is 11.6 Å². The molecule has 1 heterocycles. The number of aromatic nitrogens is 2. The third kappa shape index (κ3) is 2.36. The van der Waals surface area contributed by atoms with Gasteiger partial charge in [-0.25, -0.2) is 4.98 Å². The Morgan fingerprint density at radius 3 is 2.88 bits per heavy atom. The van der Waals surface area contributed by atoms with E-state index >= 15 is 0 Å². The third-order valence-corrected chi connectivity index (χ3v) is 2.83. The number of nitrogens with one attached hydrogen (secondary N) is 2. The van der Waals surface area contributed by atoms with Crippen LogP contribution in [0.5, 0.6) is 0 Å². The van der Waals surface area contributed by atoms with Crippen LogP contribution in [0.25, 0.3) is 0 Å². The molecule has 84 valence electrons. The van der Waals surface area contributed by atoms with Crippen molar-refractivity contribution in [2.75, 3.05) is 5.32 Å². The van der Waals surface area contributed by atoms with Gasteiger partial charge < -0.3 is 10.3 Å². The number of hydrogen-bond acceptors (Lipinski definition) is 2. The molecule has 1 aromatic carbocycles. The molecule has 4 heteroatoms. The first kappa shape index (κ1) is 11.0. The zero-order valence-electron chi connectivity index (χ0n) is 9.34. The molecule has 16 heavy (non-hydrogen) atoms. The van der Waals surface area contributed by atoms with Gasteiger partial charge in [-0.15, -0.1) is 0 Å². The minimum Gasteiger partial charge on any atom is -0.378 e. The predicted octanol–water partition coefficient (Wildman–Crippen LogP) is 3.29. The van der Waals surface area contributed by atoms with Crippen LogP contribution in [-0.4, -0.2) is 9.97 Å². The lowest BCUT2D eigenvalue weighted by Crippen LogP contribution is -2.02. The Morgan fingerprint density at radius 1 is 1.38 bits per heavy atom. The molecule has 0 aliphatic carbocycles. The minimum atomic E-state index is 0.679. The van der Waals surface area contributed by atoms with E-state index in [1.807, 2.05) is 32.0 Å². The highest BCUT2D eigenvalue weighted by molar-refractivity contribution is 6.33. The van der Waals surface area contributed by atoms with Crippen molar-refractivity contribution in [1.29, 1.82) is 0 Å². The van der Waals surface area contributed by atoms with Crippen molar-refractivity contribution in [1.82, 2.24) is 9.97 Å². The van der Waals surface area contributed by atoms with E-state index in [9.17, 15) is 0 Å². The number of aryl methyl sites for hydroxylation is 2. The summed E-state index contributed by atoms with van der Waals surface area (Å²) >= 11 is 6.09. The van der Waals surface area contributed by atoms with Crippen molar-refractivity contribution < 1.29 is 0 Å². The fourth-order valence-electron chi connectivity index (χ4n) is 1.52. The van der Waals surface area contributed by atoms with Gasteiger partial charge in [-0.05, 0) is 31.5 Å². The number of rotatable bonds is 3. The van der Waals surface area contributed by atoms with Gasteiger partial charge in [-0.3, -0.25) is 0 Å². The Kier molecular flexibility index (Phi) is 3.15. The van der Waals surface area contributed by atoms with Crippen LogP contribution in [0.4, 0.5) is 5.69 Å². The average molecular weight is 236 g/mol. The van der Waals surface area contributed by atoms with E-state index in [-0.39, 0.29) is 0 Å². The Labute approximate surface area is 99.9 Å². The zero-order valence-corrected chi connectivity index (χ0v) is 10.1. The molecule has 1 aromatic heterocycles. The maximum absolute atomic E-state index is 6.09. The summed E-state index contributed by atoms with van der Waals surface area (Å²) in [6, 6.07) is 5.92. The van der Waals surface area contributed by atoms with E-state index in [1.165, 1.54) is 5.56 Å². The van der Waals surface area contributed by atoms with Crippen molar-refractivity contribution in [2.45, 2.75) is 20.4 Å². The van der Waals surface area contributed by atoms with E-state index in [0.29, 0.717) is 6.54 Å². The number of H-pyrrole nitrogens is 1. The number of halogens is 1. The highest BCUT2D eigenvalue weighted by Gasteiger charge is 2.03. The third-order valence-electron chi connectivity index (χ3n) is 2.50. The molecular formula is C12H14ClN3. The Morgan fingerprint density at radius 2 is 2.19 bits per heavy atom. The molecule has 0 fully saturated rings. The number of nitrogens with zero attached hydrogens (tertiary/aromatic N) is 1. The Balaban J connectivity index is 2.10. The molecule has 3 nitrogen and oxygen atoms in total. The van der Waals surface area contributed by atoms with Crippen molar-refractivity contribution >= 4 is 17.3 Å². The summed E-state index contributed by atoms with van der Waals surface area (Å²) in [4.78, 5) is 7.27. The first-order valence-corrected chi connectivity index (χ1v) is 5.53. The molecule has 0 atom stereocenters. The number of anilines is 1. The fraction of sp³-hybridized carbons (Fsp3) is 0.250. The molecule has 2 aromatic rings. The molecule has 0 saturated carbocycles. The van der Waals surface area contributed by atoms with Gasteiger partial charge in [0.15, 0.2) is 0 Å². The second kappa shape index (κ2) is 4.58. The molecule has 0 saturated heterocycles. The molecule has 0 aliphatic heterocycles. The van der Waals surface area contributed by atoms with Gasteiger partial charge in [0.25, 0.3) is 0 Å². The van der Waals surface area contributed by atoms with Gasteiger partial charge in [-0.2, -0.15) is 0 Å². The van der Waals surface area contributed by atoms with Crippen molar-refractivity contribution in [3.63, 3.8) is 0 Å². The highest BCUT2D eigenvalue weighted by atomic mass is 35.5. The smallest absolute Gasteiger partial charge is 0.0925 e. The van der Waals surface area contributed by atoms with Crippen LogP contribution in [0.1, 0.15) is 17.0 Å². The van der Waals surface area contributed by atoms with Gasteiger partial charge in [0.2, 0.25) is 0 Å². The van der Waals surface area contributed by atoms with Gasteiger partial charge in [0, 0.05) is 5.69 Å². The summed E-state index contributed by atoms with van der Waals surface area (Å²) in [6.45, 7) is 4.72. The maximum Gasteiger partial charge on any atom is 0.0925 e. The molecule has 0 radical (unpaired) electrons. The van der Waals surface area contributed by atoms with E-state index in [2.05, 4.69) is 15.3 Å². The molecule has 0 aliphatic rings. The van der Waals surface area contributed by atoms with E-state index in [0.717, 1.165) is 22.1 Å². The lowest BCUT2D eigenvalue weighted by Gasteiger charge is -2.08. The van der Waals surface area contributed by atoms with E-state index in [4.69, 9.17) is 11.6 Å². The summed E-state index contributed by atoms with van der Waals surface area (Å²) < 4.78 is 0. The molecule has 2 rings (SSSR count). The van der Waals surface area contributed by atoms with Crippen LogP contribution in [0, 0.1) is 13.8 Å². The molecular weight excluding hydrogens is 222 g/mol. The second-order valence-corrected chi connectivity index (χ2v) is 4.22. The van der Waals surface area contributed by atoms with Gasteiger partial charge in [0.1, 0.15) is 0 Å². The highest BCUT2D eigenvalue weighted by Crippen LogP contribution is 2.23. The lowest BCUT2D eigenvalue weighted by atomic mass is 10.2. The number of hydrogen-bond donors (Lipinski definition) is 2. The molecule has 0 amide bonds. The van der Waals surface area contributed by atoms with Crippen LogP contribution in [0.15, 0.2) is 24.5 Å². The topological polar surface area (TPSA) is 40.7 Å². The lowest BCUT2D eigenvalue weighted by molar-refractivity contribution is 1.05. The molecule has 0 unspecified atom stereocenters. The van der Waals surface area contributed by atoms with Gasteiger partial charge in [-0.1, -0.05) is 17.7 Å². The first-order valence-electron chi connectivity index (χ1n) is 5.15. The largest absolute Gasteiger partial charge is 0.378 e. The van der Waals surface area contributed by atoms with Crippen LogP contribution in [-0.2, 0) is 6.54 Å². The summed E-state index contributed by atoms with van der Waals surface area (Å²) in [6.07, 6.45) is 1.70. The quantitative estimate of drug-likeness (QED) is 0.857. The summed E-state index contributed by atoms with van der Waals surface area (Å²) in [7, 11) is 0. The predicted molar refractivity (Wildman–Crippen MR) is 66.8 cm³/mol. The standard InChI is InChI=1S/C12H14ClN3/c1-8-3-4-10(13)11(5-8)14-6-12-9(2)15-7-16-12/h3-5,7,14H,6H2,1-2H3,(H,15,16). The monoisotopic (exact) mass is 235 g/mol. The van der Waals surface area contributed by atoms with Crippen LogP contribution in [0.2, 0.25) is 5.02 Å². The summed E-state index contributed by atoms with van der Waals surface area (Å²) in [5.41, 5.74) is 4.23. The van der Waals surface area contributed by atoms with Crippen molar-refractivity contribution in [2.24, 2.45) is 0 Å². The average Bonchev–Trinajstić information content (AvgIpc) is 2.66. The number of aromatic amines is 1. The zero-order chi connectivity index (χ0) is 11.5. The van der Waals surface area contributed by atoms with Gasteiger partial charge in [0.05, 0.1) is 29.3 Å². The fourth-order valence-corrected chi connectivity index (χ4v) is 1.70. The number of imidazole rings is 1. The first-order chi connectivity index (χ1) is 7.66. The van der Waals surface area contributed by atoms with Gasteiger partial charge >= 0.3 is 0 Å². The molecule has 2 N–H and O–H groups in total. The van der Waals surface area contributed by atoms with Crippen molar-refractivity contribution in [3.8, 4) is 0 Å². The van der Waals surface area contributed by atoms with E-state index < -0.39 is 0 Å². The van der Waals surface area contributed by atoms with Crippen LogP contribution in [0.3, 0.4) is 0 Å². The van der Waals surface area contributed by atoms with E-state index in [1.54, 1.807) is 6.33 Å². The summed E-state index contributed by atoms with van der Waals surface area (Å²) in [5.74, 6) is 0. The maximum atomic E-state index is 6.09.